The molecule has 0 aromatic heterocycles. The van der Waals surface area contributed by atoms with E-state index in [1.807, 2.05) is 0 Å². The summed E-state index contributed by atoms with van der Waals surface area (Å²) in [6.45, 7) is 10.3. The Kier molecular flexibility index (Phi) is 8.53. The van der Waals surface area contributed by atoms with E-state index in [4.69, 9.17) is 0 Å². The summed E-state index contributed by atoms with van der Waals surface area (Å²) in [7, 11) is 0. The van der Waals surface area contributed by atoms with Crippen LogP contribution in [0.25, 0.3) is 0 Å². The normalized spacial score (nSPS) is 15.7. The van der Waals surface area contributed by atoms with Crippen LogP contribution in [-0.4, -0.2) is 12.6 Å². The maximum atomic E-state index is 3.64. The van der Waals surface area contributed by atoms with Gasteiger partial charge in [0.25, 0.3) is 0 Å². The predicted molar refractivity (Wildman–Crippen MR) is 61.1 cm³/mol. The first-order valence-electron chi connectivity index (χ1n) is 5.97. The highest BCUT2D eigenvalue weighted by Crippen LogP contribution is 2.13. The summed E-state index contributed by atoms with van der Waals surface area (Å²) < 4.78 is 0. The molecule has 13 heavy (non-hydrogen) atoms. The zero-order valence-corrected chi connectivity index (χ0v) is 9.90. The minimum Gasteiger partial charge on any atom is -0.314 e. The van der Waals surface area contributed by atoms with Crippen molar-refractivity contribution in [2.45, 2.75) is 65.8 Å². The maximum absolute atomic E-state index is 3.64. The molecule has 0 aliphatic rings. The summed E-state index contributed by atoms with van der Waals surface area (Å²) in [5, 5.41) is 3.64. The first-order chi connectivity index (χ1) is 6.24. The zero-order valence-electron chi connectivity index (χ0n) is 9.90. The highest BCUT2D eigenvalue weighted by molar-refractivity contribution is 4.68. The molecule has 0 rings (SSSR count). The van der Waals surface area contributed by atoms with Crippen molar-refractivity contribution in [1.82, 2.24) is 5.32 Å². The van der Waals surface area contributed by atoms with Gasteiger partial charge >= 0.3 is 0 Å². The Morgan fingerprint density at radius 3 is 2.23 bits per heavy atom. The molecule has 0 saturated heterocycles. The van der Waals surface area contributed by atoms with E-state index in [0.717, 1.165) is 12.0 Å². The van der Waals surface area contributed by atoms with Gasteiger partial charge < -0.3 is 5.32 Å². The summed E-state index contributed by atoms with van der Waals surface area (Å²) in [4.78, 5) is 0. The Labute approximate surface area is 84.3 Å². The smallest absolute Gasteiger partial charge is 0.00694 e. The van der Waals surface area contributed by atoms with Gasteiger partial charge in [-0.1, -0.05) is 40.5 Å². The molecule has 0 radical (unpaired) electrons. The van der Waals surface area contributed by atoms with Crippen LogP contribution in [0.4, 0.5) is 0 Å². The molecular formula is C12H27N. The molecule has 80 valence electrons. The lowest BCUT2D eigenvalue weighted by molar-refractivity contribution is 0.374. The fourth-order valence-corrected chi connectivity index (χ4v) is 1.65. The van der Waals surface area contributed by atoms with E-state index >= 15 is 0 Å². The molecule has 0 aliphatic heterocycles. The molecule has 0 aliphatic carbocycles. The second-order valence-electron chi connectivity index (χ2n) is 4.19. The fraction of sp³-hybridized carbons (Fsp3) is 1.00. The lowest BCUT2D eigenvalue weighted by Crippen LogP contribution is -2.31. The monoisotopic (exact) mass is 185 g/mol. The van der Waals surface area contributed by atoms with Crippen molar-refractivity contribution in [3.63, 3.8) is 0 Å². The molecule has 2 unspecified atom stereocenters. The van der Waals surface area contributed by atoms with E-state index in [2.05, 4.69) is 33.0 Å². The van der Waals surface area contributed by atoms with Gasteiger partial charge in [0.05, 0.1) is 0 Å². The van der Waals surface area contributed by atoms with Crippen molar-refractivity contribution < 1.29 is 0 Å². The van der Waals surface area contributed by atoms with Crippen LogP contribution in [0.2, 0.25) is 0 Å². The number of hydrogen-bond acceptors (Lipinski definition) is 1. The maximum Gasteiger partial charge on any atom is 0.00694 e. The molecule has 1 nitrogen and oxygen atoms in total. The van der Waals surface area contributed by atoms with Gasteiger partial charge in [0, 0.05) is 6.04 Å². The summed E-state index contributed by atoms with van der Waals surface area (Å²) in [6, 6.07) is 0.764. The van der Waals surface area contributed by atoms with Crippen molar-refractivity contribution in [2.75, 3.05) is 6.54 Å². The average Bonchev–Trinajstić information content (AvgIpc) is 2.14. The lowest BCUT2D eigenvalue weighted by atomic mass is 9.96. The third kappa shape index (κ3) is 7.06. The molecule has 0 aromatic rings. The Bertz CT molecular complexity index is 101. The van der Waals surface area contributed by atoms with Crippen molar-refractivity contribution in [3.8, 4) is 0 Å². The molecule has 0 aromatic carbocycles. The molecule has 0 fully saturated rings. The van der Waals surface area contributed by atoms with E-state index in [1.54, 1.807) is 0 Å². The van der Waals surface area contributed by atoms with Crippen LogP contribution in [0.15, 0.2) is 0 Å². The van der Waals surface area contributed by atoms with Crippen molar-refractivity contribution in [2.24, 2.45) is 5.92 Å². The van der Waals surface area contributed by atoms with Gasteiger partial charge in [0.2, 0.25) is 0 Å². The molecule has 0 saturated carbocycles. The molecule has 1 N–H and O–H groups in total. The molecule has 0 amide bonds. The predicted octanol–water partition coefficient (Wildman–Crippen LogP) is 3.59. The summed E-state index contributed by atoms with van der Waals surface area (Å²) in [5.74, 6) is 0.876. The van der Waals surface area contributed by atoms with Crippen LogP contribution in [-0.2, 0) is 0 Å². The number of nitrogens with one attached hydrogen (secondary N) is 1. The topological polar surface area (TPSA) is 12.0 Å². The Morgan fingerprint density at radius 1 is 1.08 bits per heavy atom. The van der Waals surface area contributed by atoms with Crippen LogP contribution in [0.3, 0.4) is 0 Å². The molecule has 1 heteroatoms. The average molecular weight is 185 g/mol. The summed E-state index contributed by atoms with van der Waals surface area (Å²) in [6.07, 6.45) is 6.56. The van der Waals surface area contributed by atoms with Crippen molar-refractivity contribution >= 4 is 0 Å². The minimum atomic E-state index is 0.764. The molecular weight excluding hydrogens is 158 g/mol. The summed E-state index contributed by atoms with van der Waals surface area (Å²) in [5.41, 5.74) is 0. The Balaban J connectivity index is 3.65. The van der Waals surface area contributed by atoms with Gasteiger partial charge in [0.1, 0.15) is 0 Å². The van der Waals surface area contributed by atoms with Crippen LogP contribution in [0.1, 0.15) is 59.8 Å². The minimum absolute atomic E-state index is 0.764. The van der Waals surface area contributed by atoms with Gasteiger partial charge in [0.15, 0.2) is 0 Å². The SMILES string of the molecule is CCCNC(CCC)CC(C)CC. The van der Waals surface area contributed by atoms with E-state index in [1.165, 1.54) is 38.6 Å². The first-order valence-corrected chi connectivity index (χ1v) is 5.97. The molecule has 2 atom stereocenters. The van der Waals surface area contributed by atoms with E-state index < -0.39 is 0 Å². The van der Waals surface area contributed by atoms with Gasteiger partial charge in [-0.15, -0.1) is 0 Å². The van der Waals surface area contributed by atoms with E-state index in [0.29, 0.717) is 0 Å². The van der Waals surface area contributed by atoms with Crippen LogP contribution in [0.5, 0.6) is 0 Å². The third-order valence-corrected chi connectivity index (χ3v) is 2.70. The molecule has 0 spiro atoms. The third-order valence-electron chi connectivity index (χ3n) is 2.70. The fourth-order valence-electron chi connectivity index (χ4n) is 1.65. The van der Waals surface area contributed by atoms with Gasteiger partial charge in [-0.2, -0.15) is 0 Å². The number of rotatable bonds is 8. The first kappa shape index (κ1) is 13.0. The lowest BCUT2D eigenvalue weighted by Gasteiger charge is -2.20. The molecule has 0 heterocycles. The Morgan fingerprint density at radius 2 is 1.77 bits per heavy atom. The molecule has 0 bridgehead atoms. The standard InChI is InChI=1S/C12H27N/c1-5-8-12(13-9-6-2)10-11(4)7-3/h11-13H,5-10H2,1-4H3. The van der Waals surface area contributed by atoms with Gasteiger partial charge in [-0.3, -0.25) is 0 Å². The van der Waals surface area contributed by atoms with Crippen LogP contribution >= 0.6 is 0 Å². The van der Waals surface area contributed by atoms with E-state index in [9.17, 15) is 0 Å². The van der Waals surface area contributed by atoms with Crippen molar-refractivity contribution in [1.29, 1.82) is 0 Å². The van der Waals surface area contributed by atoms with Gasteiger partial charge in [-0.25, -0.2) is 0 Å². The quantitative estimate of drug-likeness (QED) is 0.609. The second-order valence-corrected chi connectivity index (χ2v) is 4.19. The van der Waals surface area contributed by atoms with Crippen LogP contribution in [0, 0.1) is 5.92 Å². The largest absolute Gasteiger partial charge is 0.314 e. The Hall–Kier alpha value is -0.0400. The summed E-state index contributed by atoms with van der Waals surface area (Å²) >= 11 is 0. The highest BCUT2D eigenvalue weighted by Gasteiger charge is 2.09. The van der Waals surface area contributed by atoms with E-state index in [-0.39, 0.29) is 0 Å². The van der Waals surface area contributed by atoms with Crippen LogP contribution < -0.4 is 5.32 Å². The van der Waals surface area contributed by atoms with Gasteiger partial charge in [-0.05, 0) is 31.7 Å². The highest BCUT2D eigenvalue weighted by atomic mass is 14.9. The van der Waals surface area contributed by atoms with Crippen molar-refractivity contribution in [3.05, 3.63) is 0 Å². The zero-order chi connectivity index (χ0) is 10.1. The second kappa shape index (κ2) is 8.55. The number of hydrogen-bond donors (Lipinski definition) is 1.